The molecule has 0 unspecified atom stereocenters. The summed E-state index contributed by atoms with van der Waals surface area (Å²) in [6, 6.07) is 19.9. The second-order valence-electron chi connectivity index (χ2n) is 18.7. The molecule has 10 aromatic rings. The average molecular weight is 1200 g/mol. The maximum atomic E-state index is 13.3. The van der Waals surface area contributed by atoms with Gasteiger partial charge < -0.3 is 19.3 Å². The zero-order chi connectivity index (χ0) is 59.2. The van der Waals surface area contributed by atoms with Gasteiger partial charge in [-0.05, 0) is 106 Å². The molecule has 0 aliphatic heterocycles. The molecule has 0 amide bonds. The molecule has 0 radical (unpaired) electrons. The van der Waals surface area contributed by atoms with Crippen molar-refractivity contribution in [2.45, 2.75) is 58.7 Å². The predicted molar refractivity (Wildman–Crippen MR) is 299 cm³/mol. The van der Waals surface area contributed by atoms with Crippen molar-refractivity contribution in [3.8, 4) is 45.9 Å². The molecule has 4 aromatic carbocycles. The van der Waals surface area contributed by atoms with Crippen LogP contribution in [0.3, 0.4) is 0 Å². The number of alkyl halides is 6. The second-order valence-corrected chi connectivity index (χ2v) is 21.3. The summed E-state index contributed by atoms with van der Waals surface area (Å²) in [5.41, 5.74) is -0.711. The summed E-state index contributed by atoms with van der Waals surface area (Å²) in [7, 11) is 1.29. The highest BCUT2D eigenvalue weighted by Crippen LogP contribution is 2.43. The van der Waals surface area contributed by atoms with Gasteiger partial charge in [0.25, 0.3) is 11.1 Å². The highest BCUT2D eigenvalue weighted by molar-refractivity contribution is 7.18. The number of esters is 1. The van der Waals surface area contributed by atoms with Gasteiger partial charge in [-0.3, -0.25) is 28.7 Å². The number of pyridine rings is 2. The Morgan fingerprint density at radius 2 is 1.10 bits per heavy atom. The van der Waals surface area contributed by atoms with Crippen molar-refractivity contribution >= 4 is 94.1 Å². The maximum absolute atomic E-state index is 13.3. The number of hydrogen-bond acceptors (Lipinski definition) is 15. The van der Waals surface area contributed by atoms with Gasteiger partial charge in [0.2, 0.25) is 0 Å². The van der Waals surface area contributed by atoms with Crippen LogP contribution < -0.4 is 20.6 Å². The summed E-state index contributed by atoms with van der Waals surface area (Å²) in [5, 5.41) is 33.6. The Kier molecular flexibility index (Phi) is 16.2. The van der Waals surface area contributed by atoms with Crippen molar-refractivity contribution in [2.75, 3.05) is 20.3 Å². The number of ether oxygens (including phenoxy) is 3. The fraction of sp³-hybridized carbons (Fsp3) is 0.211. The highest BCUT2D eigenvalue weighted by atomic mass is 35.5. The molecule has 1 N–H and O–H groups in total. The van der Waals surface area contributed by atoms with Crippen LogP contribution in [0.1, 0.15) is 63.7 Å². The van der Waals surface area contributed by atoms with Gasteiger partial charge in [-0.2, -0.15) is 36.9 Å². The zero-order valence-corrected chi connectivity index (χ0v) is 46.5. The summed E-state index contributed by atoms with van der Waals surface area (Å²) in [6.07, 6.45) is -6.18. The summed E-state index contributed by atoms with van der Waals surface area (Å²) < 4.78 is 101. The topological polar surface area (TPSA) is 208 Å². The van der Waals surface area contributed by atoms with Gasteiger partial charge in [0, 0.05) is 55.6 Å². The van der Waals surface area contributed by atoms with Crippen molar-refractivity contribution < 1.29 is 50.5 Å². The zero-order valence-electron chi connectivity index (χ0n) is 43.4. The Morgan fingerprint density at radius 1 is 0.659 bits per heavy atom. The number of aryl methyl sites for hydroxylation is 2. The Morgan fingerprint density at radius 3 is 1.52 bits per heavy atom. The minimum Gasteiger partial charge on any atom is -0.491 e. The largest absolute Gasteiger partial charge is 0.491 e. The highest BCUT2D eigenvalue weighted by Gasteiger charge is 2.34. The van der Waals surface area contributed by atoms with E-state index >= 15 is 0 Å². The third-order valence-corrected chi connectivity index (χ3v) is 15.5. The van der Waals surface area contributed by atoms with Crippen molar-refractivity contribution in [1.29, 1.82) is 10.5 Å². The number of carbonyl (C=O) groups excluding carboxylic acids is 1. The van der Waals surface area contributed by atoms with Crippen LogP contribution in [0.15, 0.2) is 106 Å². The molecule has 6 aromatic heterocycles. The van der Waals surface area contributed by atoms with Gasteiger partial charge in [-0.25, -0.2) is 14.8 Å². The maximum Gasteiger partial charge on any atom is 0.416 e. The molecular weight excluding hydrogens is 1160 g/mol. The van der Waals surface area contributed by atoms with E-state index < -0.39 is 57.3 Å². The van der Waals surface area contributed by atoms with E-state index in [9.17, 15) is 56.4 Å². The van der Waals surface area contributed by atoms with Crippen molar-refractivity contribution in [2.24, 2.45) is 0 Å². The molecule has 0 aliphatic rings. The number of halogens is 8. The first-order chi connectivity index (χ1) is 38.8. The molecule has 0 atom stereocenters. The Bertz CT molecular complexity index is 4430. The number of thiophene rings is 2. The van der Waals surface area contributed by atoms with Crippen molar-refractivity contribution in [3.05, 3.63) is 172 Å². The fourth-order valence-corrected chi connectivity index (χ4v) is 11.7. The van der Waals surface area contributed by atoms with Crippen molar-refractivity contribution in [1.82, 2.24) is 29.1 Å². The molecule has 6 heterocycles. The molecular formula is C57H40Cl2F6N8O7S2. The number of nitriles is 2. The number of methoxy groups -OCH3 is 1. The van der Waals surface area contributed by atoms with Crippen LogP contribution in [0.25, 0.3) is 64.5 Å². The normalized spacial score (nSPS) is 11.9. The van der Waals surface area contributed by atoms with Crippen LogP contribution in [-0.4, -0.2) is 60.5 Å². The number of aromatic nitrogens is 6. The first-order valence-corrected chi connectivity index (χ1v) is 26.8. The van der Waals surface area contributed by atoms with E-state index in [1.165, 1.54) is 52.8 Å². The van der Waals surface area contributed by atoms with E-state index in [0.717, 1.165) is 22.4 Å². The molecule has 25 heteroatoms. The molecule has 0 fully saturated rings. The van der Waals surface area contributed by atoms with E-state index in [1.807, 2.05) is 11.4 Å². The lowest BCUT2D eigenvalue weighted by atomic mass is 9.98. The van der Waals surface area contributed by atoms with Gasteiger partial charge in [0.05, 0.1) is 95.9 Å². The summed E-state index contributed by atoms with van der Waals surface area (Å²) in [5.74, 6) is 0.742. The predicted octanol–water partition coefficient (Wildman–Crippen LogP) is 13.2. The monoisotopic (exact) mass is 1200 g/mol. The first-order valence-electron chi connectivity index (χ1n) is 24.3. The smallest absolute Gasteiger partial charge is 0.416 e. The first kappa shape index (κ1) is 58.2. The van der Waals surface area contributed by atoms with Gasteiger partial charge in [-0.1, -0.05) is 23.2 Å². The summed E-state index contributed by atoms with van der Waals surface area (Å²) in [6.45, 7) is 6.40. The lowest BCUT2D eigenvalue weighted by molar-refractivity contribution is -0.138. The van der Waals surface area contributed by atoms with E-state index in [2.05, 4.69) is 19.9 Å². The summed E-state index contributed by atoms with van der Waals surface area (Å²) in [4.78, 5) is 55.9. The molecule has 0 saturated carbocycles. The van der Waals surface area contributed by atoms with E-state index in [0.29, 0.717) is 77.2 Å². The van der Waals surface area contributed by atoms with Gasteiger partial charge in [0.1, 0.15) is 48.5 Å². The van der Waals surface area contributed by atoms with Gasteiger partial charge in [0.15, 0.2) is 0 Å². The van der Waals surface area contributed by atoms with Crippen LogP contribution in [0.2, 0.25) is 10.0 Å². The van der Waals surface area contributed by atoms with Crippen LogP contribution in [-0.2, 0) is 35.8 Å². The molecule has 0 saturated heterocycles. The fourth-order valence-electron chi connectivity index (χ4n) is 9.09. The number of nitrogens with zero attached hydrogens (tertiary/aromatic N) is 8. The minimum atomic E-state index is -4.70. The van der Waals surface area contributed by atoms with Crippen LogP contribution in [0, 0.1) is 36.5 Å². The standard InChI is InChI=1S/C29H22ClF3N4O3S.C28H18ClF3N4O4S/c1-15-36-22-11-17(29(31,32)33)10-16(13-34)24(22)27(38)37(15)8-9-40-23-5-4-18(30)12-20(23)19-6-7-35-25-21(28(2,3)39)14-41-26(19)25;1-14-35-21-10-16(28(30,31)32)9-15(12-33)23(21)26(37)36(14)7-8-40-22-4-3-17(29)11-19(22)18-5-6-34-24-20(27(38)39-2)13-41-25(18)24/h4-7,10-12,14,39H,8-9H2,1-3H3;3-6,9-11,13H,7-8H2,1-2H3. The van der Waals surface area contributed by atoms with E-state index in [4.69, 9.17) is 37.4 Å². The Balaban J connectivity index is 0.000000198. The van der Waals surface area contributed by atoms with Crippen molar-refractivity contribution in [3.63, 3.8) is 0 Å². The minimum absolute atomic E-state index is 0.00118. The second kappa shape index (κ2) is 22.8. The molecule has 15 nitrogen and oxygen atoms in total. The lowest BCUT2D eigenvalue weighted by Crippen LogP contribution is -2.27. The number of rotatable bonds is 12. The lowest BCUT2D eigenvalue weighted by Gasteiger charge is -2.17. The van der Waals surface area contributed by atoms with Crippen LogP contribution in [0.4, 0.5) is 26.3 Å². The third-order valence-electron chi connectivity index (χ3n) is 13.0. The van der Waals surface area contributed by atoms with E-state index in [1.54, 1.807) is 86.2 Å². The number of benzene rings is 4. The molecule has 82 heavy (non-hydrogen) atoms. The average Bonchev–Trinajstić information content (AvgIpc) is 4.16. The molecule has 0 spiro atoms. The molecule has 418 valence electrons. The number of aliphatic hydroxyl groups is 1. The quantitative estimate of drug-likeness (QED) is 0.0893. The number of carbonyl (C=O) groups is 1. The van der Waals surface area contributed by atoms with Gasteiger partial charge in [-0.15, -0.1) is 22.7 Å². The molecule has 10 rings (SSSR count). The number of fused-ring (bicyclic) bond motifs is 4. The van der Waals surface area contributed by atoms with E-state index in [-0.39, 0.29) is 59.8 Å². The number of hydrogen-bond donors (Lipinski definition) is 1. The third kappa shape index (κ3) is 11.6. The Hall–Kier alpha value is -8.45. The molecule has 0 aliphatic carbocycles. The van der Waals surface area contributed by atoms with Crippen LogP contribution >= 0.6 is 45.9 Å². The SMILES string of the molecule is COC(=O)c1csc2c(-c3cc(Cl)ccc3OCCn3c(C)nc4cc(C(F)(F)F)cc(C#N)c4c3=O)ccnc12.Cc1nc2cc(C(F)(F)F)cc(C#N)c2c(=O)n1CCOc1ccc(Cl)cc1-c1ccnc2c(C(C)(C)O)csc12. The molecule has 0 bridgehead atoms. The Labute approximate surface area is 478 Å². The summed E-state index contributed by atoms with van der Waals surface area (Å²) >= 11 is 15.4. The van der Waals surface area contributed by atoms with Crippen LogP contribution in [0.5, 0.6) is 11.5 Å². The van der Waals surface area contributed by atoms with Gasteiger partial charge >= 0.3 is 18.3 Å².